The minimum Gasteiger partial charge on any atom is -0.335 e. The lowest BCUT2D eigenvalue weighted by Gasteiger charge is -2.24. The summed E-state index contributed by atoms with van der Waals surface area (Å²) in [6, 6.07) is -0.0512. The highest BCUT2D eigenvalue weighted by molar-refractivity contribution is 8.00. The van der Waals surface area contributed by atoms with Crippen LogP contribution in [0.15, 0.2) is 11.6 Å². The van der Waals surface area contributed by atoms with E-state index in [0.717, 1.165) is 13.1 Å². The molecule has 2 aliphatic rings. The van der Waals surface area contributed by atoms with Gasteiger partial charge in [-0.3, -0.25) is 0 Å². The Morgan fingerprint density at radius 1 is 1.64 bits per heavy atom. The van der Waals surface area contributed by atoms with Crippen LogP contribution in [-0.4, -0.2) is 29.2 Å². The molecule has 0 radical (unpaired) electrons. The summed E-state index contributed by atoms with van der Waals surface area (Å²) in [5, 5.41) is 7.87. The predicted molar refractivity (Wildman–Crippen MR) is 41.8 cm³/mol. The van der Waals surface area contributed by atoms with Gasteiger partial charge < -0.3 is 5.32 Å². The Hall–Kier alpha value is -0.880. The fourth-order valence-corrected chi connectivity index (χ4v) is 1.50. The average molecular weight is 172 g/mol. The Morgan fingerprint density at radius 2 is 2.55 bits per heavy atom. The summed E-state index contributed by atoms with van der Waals surface area (Å²) >= 11 is 1.44. The largest absolute Gasteiger partial charge is 0.337 e. The molecule has 0 aliphatic carbocycles. The minimum atomic E-state index is -0.0512. The first-order valence-corrected chi connectivity index (χ1v) is 4.18. The smallest absolute Gasteiger partial charge is 0.335 e. The summed E-state index contributed by atoms with van der Waals surface area (Å²) in [6.45, 7) is 1.44. The second kappa shape index (κ2) is 2.63. The van der Waals surface area contributed by atoms with E-state index in [1.807, 2.05) is 11.6 Å². The third kappa shape index (κ3) is 1.14. The molecule has 5 nitrogen and oxygen atoms in total. The van der Waals surface area contributed by atoms with Crippen molar-refractivity contribution in [1.29, 1.82) is 0 Å². The molecule has 0 saturated carbocycles. The summed E-state index contributed by atoms with van der Waals surface area (Å²) < 4.78 is 0. The maximum atomic E-state index is 11.1. The zero-order chi connectivity index (χ0) is 7.68. The van der Waals surface area contributed by atoms with E-state index in [0.29, 0.717) is 0 Å². The second-order valence-corrected chi connectivity index (χ2v) is 2.88. The molecule has 2 heterocycles. The first kappa shape index (κ1) is 6.81. The molecule has 0 aromatic carbocycles. The van der Waals surface area contributed by atoms with Crippen molar-refractivity contribution in [3.8, 4) is 0 Å². The maximum Gasteiger partial charge on any atom is 0.337 e. The fraction of sp³-hybridized carbons (Fsp3) is 0.400. The predicted octanol–water partition coefficient (Wildman–Crippen LogP) is -0.134. The molecule has 2 aliphatic heterocycles. The second-order valence-electron chi connectivity index (χ2n) is 2.19. The van der Waals surface area contributed by atoms with E-state index in [1.165, 1.54) is 11.9 Å². The highest BCUT2D eigenvalue weighted by atomic mass is 32.2. The van der Waals surface area contributed by atoms with Crippen LogP contribution in [0.25, 0.3) is 0 Å². The molecule has 1 saturated heterocycles. The number of hydrogen-bond acceptors (Lipinski definition) is 4. The SMILES string of the molecule is O=C1NCCN1N1C=CSN1. The molecular formula is C5H8N4OS. The molecule has 2 rings (SSSR count). The number of nitrogens with one attached hydrogen (secondary N) is 2. The maximum absolute atomic E-state index is 11.1. The molecule has 0 unspecified atom stereocenters. The fourth-order valence-electron chi connectivity index (χ4n) is 1.000. The molecule has 0 atom stereocenters. The lowest BCUT2D eigenvalue weighted by molar-refractivity contribution is 0.0679. The summed E-state index contributed by atoms with van der Waals surface area (Å²) in [5.41, 5.74) is 0. The van der Waals surface area contributed by atoms with Gasteiger partial charge in [0.2, 0.25) is 0 Å². The van der Waals surface area contributed by atoms with E-state index in [9.17, 15) is 4.79 Å². The van der Waals surface area contributed by atoms with Gasteiger partial charge in [-0.25, -0.2) is 14.9 Å². The first-order valence-electron chi connectivity index (χ1n) is 3.30. The topological polar surface area (TPSA) is 47.6 Å². The molecule has 0 aromatic rings. The van der Waals surface area contributed by atoms with E-state index in [4.69, 9.17) is 0 Å². The van der Waals surface area contributed by atoms with Crippen LogP contribution in [-0.2, 0) is 0 Å². The lowest BCUT2D eigenvalue weighted by Crippen LogP contribution is -2.44. The molecule has 0 aromatic heterocycles. The van der Waals surface area contributed by atoms with Gasteiger partial charge in [0.05, 0.1) is 6.54 Å². The molecule has 6 heteroatoms. The van der Waals surface area contributed by atoms with Crippen molar-refractivity contribution < 1.29 is 4.79 Å². The van der Waals surface area contributed by atoms with Crippen molar-refractivity contribution in [2.24, 2.45) is 0 Å². The van der Waals surface area contributed by atoms with Gasteiger partial charge in [0.1, 0.15) is 0 Å². The summed E-state index contributed by atoms with van der Waals surface area (Å²) in [5.74, 6) is 0. The molecule has 1 fully saturated rings. The first-order chi connectivity index (χ1) is 5.38. The highest BCUT2D eigenvalue weighted by Gasteiger charge is 2.25. The number of rotatable bonds is 1. The molecule has 0 spiro atoms. The molecule has 2 amide bonds. The van der Waals surface area contributed by atoms with Gasteiger partial charge in [-0.1, -0.05) is 0 Å². The monoisotopic (exact) mass is 172 g/mol. The Bertz CT molecular complexity index is 207. The number of carbonyl (C=O) groups excluding carboxylic acids is 1. The van der Waals surface area contributed by atoms with Gasteiger partial charge >= 0.3 is 6.03 Å². The third-order valence-electron chi connectivity index (χ3n) is 1.51. The number of amides is 2. The molecular weight excluding hydrogens is 164 g/mol. The van der Waals surface area contributed by atoms with Gasteiger partial charge in [0.25, 0.3) is 0 Å². The van der Waals surface area contributed by atoms with E-state index in [2.05, 4.69) is 10.1 Å². The van der Waals surface area contributed by atoms with Crippen molar-refractivity contribution in [3.63, 3.8) is 0 Å². The van der Waals surface area contributed by atoms with Crippen LogP contribution in [0.4, 0.5) is 4.79 Å². The Morgan fingerprint density at radius 3 is 3.09 bits per heavy atom. The molecule has 60 valence electrons. The van der Waals surface area contributed by atoms with Gasteiger partial charge in [-0.15, -0.1) is 0 Å². The molecule has 2 N–H and O–H groups in total. The van der Waals surface area contributed by atoms with Crippen LogP contribution in [0.1, 0.15) is 0 Å². The summed E-state index contributed by atoms with van der Waals surface area (Å²) in [6.07, 6.45) is 1.82. The van der Waals surface area contributed by atoms with E-state index < -0.39 is 0 Å². The standard InChI is InChI=1S/C5H8N4OS/c10-5-6-1-2-8(5)9-3-4-11-7-9/h3-4,7H,1-2H2,(H,6,10). The van der Waals surface area contributed by atoms with Crippen molar-refractivity contribution in [1.82, 2.24) is 20.3 Å². The Kier molecular flexibility index (Phi) is 1.63. The van der Waals surface area contributed by atoms with Gasteiger partial charge in [-0.05, 0) is 11.9 Å². The average Bonchev–Trinajstić information content (AvgIpc) is 2.55. The summed E-state index contributed by atoms with van der Waals surface area (Å²) in [7, 11) is 0. The summed E-state index contributed by atoms with van der Waals surface area (Å²) in [4.78, 5) is 14.0. The van der Waals surface area contributed by atoms with Gasteiger partial charge in [0, 0.05) is 18.2 Å². The Labute approximate surface area is 68.5 Å². The van der Waals surface area contributed by atoms with Gasteiger partial charge in [0.15, 0.2) is 0 Å². The third-order valence-corrected chi connectivity index (χ3v) is 2.06. The normalized spacial score (nSPS) is 23.1. The lowest BCUT2D eigenvalue weighted by atomic mass is 10.7. The molecule has 0 bridgehead atoms. The zero-order valence-corrected chi connectivity index (χ0v) is 6.60. The quantitative estimate of drug-likeness (QED) is 0.541. The van der Waals surface area contributed by atoms with E-state index in [-0.39, 0.29) is 6.03 Å². The van der Waals surface area contributed by atoms with Crippen LogP contribution in [0.3, 0.4) is 0 Å². The number of carbonyl (C=O) groups is 1. The van der Waals surface area contributed by atoms with Crippen LogP contribution in [0.2, 0.25) is 0 Å². The minimum absolute atomic E-state index is 0.0512. The Balaban J connectivity index is 2.03. The van der Waals surface area contributed by atoms with Crippen molar-refractivity contribution in [3.05, 3.63) is 11.6 Å². The van der Waals surface area contributed by atoms with Crippen LogP contribution < -0.4 is 10.1 Å². The number of hydrogen-bond donors (Lipinski definition) is 2. The van der Waals surface area contributed by atoms with Crippen molar-refractivity contribution >= 4 is 18.0 Å². The number of hydrazine groups is 2. The van der Waals surface area contributed by atoms with E-state index in [1.54, 1.807) is 10.1 Å². The van der Waals surface area contributed by atoms with Crippen LogP contribution >= 0.6 is 11.9 Å². The highest BCUT2D eigenvalue weighted by Crippen LogP contribution is 2.12. The molecule has 11 heavy (non-hydrogen) atoms. The van der Waals surface area contributed by atoms with Crippen LogP contribution in [0, 0.1) is 0 Å². The zero-order valence-electron chi connectivity index (χ0n) is 5.78. The van der Waals surface area contributed by atoms with Crippen LogP contribution in [0.5, 0.6) is 0 Å². The number of nitrogens with zero attached hydrogens (tertiary/aromatic N) is 2. The van der Waals surface area contributed by atoms with E-state index >= 15 is 0 Å². The number of urea groups is 1. The van der Waals surface area contributed by atoms with Gasteiger partial charge in [-0.2, -0.15) is 4.83 Å². The van der Waals surface area contributed by atoms with Crippen molar-refractivity contribution in [2.45, 2.75) is 0 Å². The van der Waals surface area contributed by atoms with Crippen molar-refractivity contribution in [2.75, 3.05) is 13.1 Å².